The maximum atomic E-state index is 11.6. The molecule has 3 rings (SSSR count). The summed E-state index contributed by atoms with van der Waals surface area (Å²) in [6, 6.07) is 6.77. The Hall–Kier alpha value is -2.49. The zero-order chi connectivity index (χ0) is 38.4. The van der Waals surface area contributed by atoms with Crippen LogP contribution in [-0.4, -0.2) is 42.5 Å². The number of hydrogen-bond donors (Lipinski definition) is 0. The summed E-state index contributed by atoms with van der Waals surface area (Å²) in [7, 11) is 0. The highest BCUT2D eigenvalue weighted by Gasteiger charge is 2.18. The van der Waals surface area contributed by atoms with Crippen molar-refractivity contribution in [2.75, 3.05) is 32.7 Å². The van der Waals surface area contributed by atoms with E-state index in [-0.39, 0.29) is 5.83 Å². The van der Waals surface area contributed by atoms with Gasteiger partial charge in [-0.05, 0) is 126 Å². The SMILES string of the molecule is C/C=C/C(C)(C)C.C/C=C\C(=C/C)CN1CCC(CCC)CC1.C=Cc1ccc2c(c1)CN(CC(C)/C=C\C)CCC2.CC.CC/C=C(\C)F. The van der Waals surface area contributed by atoms with Crippen LogP contribution in [0.15, 0.2) is 84.8 Å². The van der Waals surface area contributed by atoms with Gasteiger partial charge in [0, 0.05) is 19.6 Å². The molecule has 2 aliphatic rings. The molecule has 0 bridgehead atoms. The molecule has 1 aromatic rings. The number of nitrogens with zero attached hydrogens (tertiary/aromatic N) is 2. The fraction of sp³-hybridized carbons (Fsp3) is 0.617. The molecule has 0 saturated carbocycles. The minimum absolute atomic E-state index is 0.0856. The van der Waals surface area contributed by atoms with Gasteiger partial charge in [-0.25, -0.2) is 4.39 Å². The second kappa shape index (κ2) is 31.3. The van der Waals surface area contributed by atoms with Crippen LogP contribution in [0.25, 0.3) is 6.08 Å². The minimum Gasteiger partial charge on any atom is -0.299 e. The highest BCUT2D eigenvalue weighted by Crippen LogP contribution is 2.23. The van der Waals surface area contributed by atoms with Crippen LogP contribution in [0.4, 0.5) is 4.39 Å². The first-order valence-corrected chi connectivity index (χ1v) is 19.9. The first-order chi connectivity index (χ1) is 23.9. The van der Waals surface area contributed by atoms with Crippen LogP contribution in [0.1, 0.15) is 145 Å². The fourth-order valence-electron chi connectivity index (χ4n) is 6.26. The van der Waals surface area contributed by atoms with Gasteiger partial charge in [0.05, 0.1) is 5.83 Å². The quantitative estimate of drug-likeness (QED) is 0.178. The van der Waals surface area contributed by atoms with Gasteiger partial charge < -0.3 is 0 Å². The van der Waals surface area contributed by atoms with E-state index < -0.39 is 0 Å². The summed E-state index contributed by atoms with van der Waals surface area (Å²) in [5.41, 5.74) is 6.07. The van der Waals surface area contributed by atoms with Crippen molar-refractivity contribution < 1.29 is 4.39 Å². The van der Waals surface area contributed by atoms with E-state index in [1.165, 1.54) is 87.3 Å². The summed E-state index contributed by atoms with van der Waals surface area (Å²) in [4.78, 5) is 5.19. The van der Waals surface area contributed by atoms with Crippen molar-refractivity contribution in [1.29, 1.82) is 0 Å². The Morgan fingerprint density at radius 3 is 2.06 bits per heavy atom. The van der Waals surface area contributed by atoms with Crippen molar-refractivity contribution >= 4 is 6.08 Å². The van der Waals surface area contributed by atoms with E-state index in [9.17, 15) is 4.39 Å². The van der Waals surface area contributed by atoms with E-state index in [1.807, 2.05) is 33.8 Å². The lowest BCUT2D eigenvalue weighted by Crippen LogP contribution is -2.34. The van der Waals surface area contributed by atoms with Gasteiger partial charge in [0.2, 0.25) is 0 Å². The molecule has 2 nitrogen and oxygen atoms in total. The van der Waals surface area contributed by atoms with E-state index in [2.05, 4.69) is 132 Å². The van der Waals surface area contributed by atoms with Gasteiger partial charge in [-0.3, -0.25) is 9.80 Å². The Balaban J connectivity index is 0. The van der Waals surface area contributed by atoms with Crippen LogP contribution >= 0.6 is 0 Å². The number of allylic oxidation sites excluding steroid dienone is 7. The molecule has 0 radical (unpaired) electrons. The molecule has 1 atom stereocenters. The Kier molecular flexibility index (Phi) is 31.0. The number of hydrogen-bond acceptors (Lipinski definition) is 2. The van der Waals surface area contributed by atoms with Crippen molar-refractivity contribution in [3.05, 3.63) is 101 Å². The molecule has 1 aromatic carbocycles. The molecule has 3 heteroatoms. The highest BCUT2D eigenvalue weighted by molar-refractivity contribution is 5.50. The van der Waals surface area contributed by atoms with Crippen LogP contribution in [-0.2, 0) is 13.0 Å². The molecule has 286 valence electrons. The van der Waals surface area contributed by atoms with Crippen LogP contribution in [0.5, 0.6) is 0 Å². The summed E-state index contributed by atoms with van der Waals surface area (Å²) < 4.78 is 11.6. The Labute approximate surface area is 312 Å². The zero-order valence-electron chi connectivity index (χ0n) is 35.3. The van der Waals surface area contributed by atoms with Crippen molar-refractivity contribution in [2.24, 2.45) is 17.3 Å². The topological polar surface area (TPSA) is 6.48 Å². The molecule has 0 aromatic heterocycles. The number of benzene rings is 1. The summed E-state index contributed by atoms with van der Waals surface area (Å²) in [5.74, 6) is 1.55. The number of halogens is 1. The summed E-state index contributed by atoms with van der Waals surface area (Å²) >= 11 is 0. The largest absolute Gasteiger partial charge is 0.299 e. The second-order valence-electron chi connectivity index (χ2n) is 14.5. The summed E-state index contributed by atoms with van der Waals surface area (Å²) in [5, 5.41) is 0. The molecular weight excluding hydrogens is 612 g/mol. The summed E-state index contributed by atoms with van der Waals surface area (Å²) in [6.45, 7) is 37.9. The Bertz CT molecular complexity index is 1120. The molecule has 0 aliphatic carbocycles. The molecule has 2 heterocycles. The van der Waals surface area contributed by atoms with Crippen LogP contribution in [0.2, 0.25) is 0 Å². The smallest absolute Gasteiger partial charge is 0.0928 e. The highest BCUT2D eigenvalue weighted by atomic mass is 19.1. The number of aryl methyl sites for hydroxylation is 1. The zero-order valence-corrected chi connectivity index (χ0v) is 35.3. The van der Waals surface area contributed by atoms with Crippen LogP contribution in [0, 0.1) is 17.3 Å². The molecule has 1 fully saturated rings. The maximum absolute atomic E-state index is 11.6. The fourth-order valence-corrected chi connectivity index (χ4v) is 6.26. The lowest BCUT2D eigenvalue weighted by atomic mass is 9.92. The third kappa shape index (κ3) is 26.3. The average Bonchev–Trinajstić information content (AvgIpc) is 3.28. The molecule has 2 aliphatic heterocycles. The molecule has 1 unspecified atom stereocenters. The average molecular weight is 693 g/mol. The number of fused-ring (bicyclic) bond motifs is 1. The van der Waals surface area contributed by atoms with Crippen molar-refractivity contribution in [3.8, 4) is 0 Å². The van der Waals surface area contributed by atoms with Crippen molar-refractivity contribution in [2.45, 2.75) is 141 Å². The van der Waals surface area contributed by atoms with Crippen molar-refractivity contribution in [1.82, 2.24) is 9.80 Å². The first-order valence-electron chi connectivity index (χ1n) is 19.9. The number of piperidine rings is 1. The second-order valence-corrected chi connectivity index (χ2v) is 14.5. The van der Waals surface area contributed by atoms with E-state index >= 15 is 0 Å². The van der Waals surface area contributed by atoms with E-state index in [4.69, 9.17) is 0 Å². The van der Waals surface area contributed by atoms with Gasteiger partial charge in [-0.2, -0.15) is 0 Å². The maximum Gasteiger partial charge on any atom is 0.0928 e. The van der Waals surface area contributed by atoms with Crippen molar-refractivity contribution in [3.63, 3.8) is 0 Å². The number of rotatable bonds is 10. The van der Waals surface area contributed by atoms with Gasteiger partial charge in [-0.15, -0.1) is 0 Å². The third-order valence-corrected chi connectivity index (χ3v) is 8.56. The minimum atomic E-state index is -0.0856. The standard InChI is InChI=1S/C18H25N.C15H27N.C7H14.C5H9F.C2H6/c1-4-7-15(3)13-19-11-6-8-17-10-9-16(5-2)12-18(17)14-19;1-4-7-14(6-3)13-16-11-9-15(8-5-2)10-12-16;1-5-6-7(2,3)4;1-3-4-5(2)6;1-2/h4-5,7,9-10,12,15H,2,6,8,11,13-14H2,1,3H3;4,6-7,15H,5,8-13H2,1-3H3;5-6H,1-4H3;4H,3H2,1-2H3;1-2H3/b7-4-;7-4-,14-6+;6-5+;5-4+;. The number of likely N-dealkylation sites (tertiary alicyclic amines) is 1. The first kappa shape index (κ1) is 49.6. The summed E-state index contributed by atoms with van der Waals surface area (Å²) in [6.07, 6.45) is 27.7. The van der Waals surface area contributed by atoms with E-state index in [0.717, 1.165) is 32.0 Å². The van der Waals surface area contributed by atoms with Gasteiger partial charge in [0.1, 0.15) is 0 Å². The Morgan fingerprint density at radius 2 is 1.62 bits per heavy atom. The van der Waals surface area contributed by atoms with E-state index in [1.54, 1.807) is 6.08 Å². The molecular formula is C47H81FN2. The molecule has 0 amide bonds. The third-order valence-electron chi connectivity index (χ3n) is 8.56. The van der Waals surface area contributed by atoms with Gasteiger partial charge in [0.25, 0.3) is 0 Å². The molecule has 1 saturated heterocycles. The van der Waals surface area contributed by atoms with Gasteiger partial charge >= 0.3 is 0 Å². The normalized spacial score (nSPS) is 16.9. The molecule has 50 heavy (non-hydrogen) atoms. The lowest BCUT2D eigenvalue weighted by Gasteiger charge is -2.32. The van der Waals surface area contributed by atoms with Crippen LogP contribution < -0.4 is 0 Å². The molecule has 0 N–H and O–H groups in total. The lowest BCUT2D eigenvalue weighted by molar-refractivity contribution is 0.192. The monoisotopic (exact) mass is 693 g/mol. The predicted octanol–water partition coefficient (Wildman–Crippen LogP) is 14.2. The Morgan fingerprint density at radius 1 is 0.960 bits per heavy atom. The predicted molar refractivity (Wildman–Crippen MR) is 228 cm³/mol. The van der Waals surface area contributed by atoms with E-state index in [0.29, 0.717) is 11.3 Å². The van der Waals surface area contributed by atoms with Crippen LogP contribution in [0.3, 0.4) is 0 Å². The van der Waals surface area contributed by atoms with Gasteiger partial charge in [-0.1, -0.05) is 148 Å². The molecule has 0 spiro atoms. The van der Waals surface area contributed by atoms with Gasteiger partial charge in [0.15, 0.2) is 0 Å².